The van der Waals surface area contributed by atoms with Crippen LogP contribution in [-0.4, -0.2) is 24.3 Å². The summed E-state index contributed by atoms with van der Waals surface area (Å²) in [6, 6.07) is 0. The third-order valence-corrected chi connectivity index (χ3v) is 3.30. The number of methoxy groups -OCH3 is 1. The van der Waals surface area contributed by atoms with Crippen LogP contribution in [-0.2, 0) is 14.3 Å². The Labute approximate surface area is 125 Å². The normalized spacial score (nSPS) is 14.3. The lowest BCUT2D eigenvalue weighted by Gasteiger charge is -2.37. The molecule has 0 aromatic rings. The van der Waals surface area contributed by atoms with Crippen LogP contribution in [0.5, 0.6) is 0 Å². The molecule has 0 saturated carbocycles. The van der Waals surface area contributed by atoms with Gasteiger partial charge in [-0.3, -0.25) is 4.79 Å². The molecular weight excluding hydrogens is 252 g/mol. The first-order valence-corrected chi connectivity index (χ1v) is 7.39. The first-order valence-electron chi connectivity index (χ1n) is 7.39. The van der Waals surface area contributed by atoms with E-state index >= 15 is 0 Å². The van der Waals surface area contributed by atoms with Crippen molar-refractivity contribution in [1.29, 1.82) is 0 Å². The van der Waals surface area contributed by atoms with Gasteiger partial charge in [-0.05, 0) is 53.4 Å². The molecule has 0 amide bonds. The SMILES string of the molecule is COC(C)(C)CC(C)(C)OC(=O)C(C)(C)CC(C)(C)C. The number of hydrogen-bond donors (Lipinski definition) is 0. The second-order valence-corrected chi connectivity index (χ2v) is 8.91. The average Bonchev–Trinajstić information content (AvgIpc) is 2.11. The van der Waals surface area contributed by atoms with Crippen LogP contribution >= 0.6 is 0 Å². The number of rotatable bonds is 6. The molecule has 0 atom stereocenters. The molecule has 0 aliphatic rings. The van der Waals surface area contributed by atoms with Crippen LogP contribution in [0.2, 0.25) is 0 Å². The summed E-state index contributed by atoms with van der Waals surface area (Å²) in [5.74, 6) is -0.135. The van der Waals surface area contributed by atoms with Gasteiger partial charge in [0.05, 0.1) is 11.0 Å². The lowest BCUT2D eigenvalue weighted by Crippen LogP contribution is -2.42. The molecule has 0 aliphatic carbocycles. The summed E-state index contributed by atoms with van der Waals surface area (Å²) in [6.45, 7) is 18.2. The Kier molecular flexibility index (Phi) is 5.87. The molecule has 0 spiro atoms. The number of carbonyl (C=O) groups is 1. The van der Waals surface area contributed by atoms with Crippen LogP contribution in [0.1, 0.15) is 75.2 Å². The van der Waals surface area contributed by atoms with Gasteiger partial charge in [0.1, 0.15) is 5.60 Å². The number of ether oxygens (including phenoxy) is 2. The minimum atomic E-state index is -0.536. The summed E-state index contributed by atoms with van der Waals surface area (Å²) in [5.41, 5.74) is -1.23. The predicted octanol–water partition coefficient (Wildman–Crippen LogP) is 4.59. The fourth-order valence-electron chi connectivity index (χ4n) is 2.92. The quantitative estimate of drug-likeness (QED) is 0.670. The van der Waals surface area contributed by atoms with Gasteiger partial charge in [0.2, 0.25) is 0 Å². The summed E-state index contributed by atoms with van der Waals surface area (Å²) in [6.07, 6.45) is 1.45. The standard InChI is InChI=1S/C17H34O3/c1-14(2,3)11-15(4,5)13(18)20-17(8,9)12-16(6,7)19-10/h11-12H2,1-10H3. The van der Waals surface area contributed by atoms with Crippen LogP contribution < -0.4 is 0 Å². The van der Waals surface area contributed by atoms with Gasteiger partial charge >= 0.3 is 5.97 Å². The Balaban J connectivity index is 4.81. The van der Waals surface area contributed by atoms with Gasteiger partial charge in [-0.25, -0.2) is 0 Å². The monoisotopic (exact) mass is 286 g/mol. The molecule has 0 saturated heterocycles. The van der Waals surface area contributed by atoms with Crippen molar-refractivity contribution in [3.63, 3.8) is 0 Å². The number of hydrogen-bond acceptors (Lipinski definition) is 3. The Hall–Kier alpha value is -0.570. The molecule has 0 radical (unpaired) electrons. The molecule has 0 bridgehead atoms. The van der Waals surface area contributed by atoms with Gasteiger partial charge in [0, 0.05) is 13.5 Å². The summed E-state index contributed by atoms with van der Waals surface area (Å²) >= 11 is 0. The lowest BCUT2D eigenvalue weighted by molar-refractivity contribution is -0.174. The van der Waals surface area contributed by atoms with Crippen molar-refractivity contribution in [2.75, 3.05) is 7.11 Å². The van der Waals surface area contributed by atoms with E-state index in [1.165, 1.54) is 0 Å². The Morgan fingerprint density at radius 3 is 1.60 bits per heavy atom. The summed E-state index contributed by atoms with van der Waals surface area (Å²) in [5, 5.41) is 0. The van der Waals surface area contributed by atoms with Gasteiger partial charge < -0.3 is 9.47 Å². The molecule has 0 aliphatic heterocycles. The number of esters is 1. The van der Waals surface area contributed by atoms with E-state index in [0.717, 1.165) is 6.42 Å². The van der Waals surface area contributed by atoms with E-state index in [9.17, 15) is 4.79 Å². The highest BCUT2D eigenvalue weighted by Gasteiger charge is 2.39. The van der Waals surface area contributed by atoms with E-state index in [1.54, 1.807) is 7.11 Å². The van der Waals surface area contributed by atoms with E-state index in [2.05, 4.69) is 20.8 Å². The molecule has 0 rings (SSSR count). The lowest BCUT2D eigenvalue weighted by atomic mass is 9.76. The molecular formula is C17H34O3. The zero-order chi connectivity index (χ0) is 16.4. The first kappa shape index (κ1) is 19.4. The Morgan fingerprint density at radius 1 is 0.800 bits per heavy atom. The Morgan fingerprint density at radius 2 is 1.25 bits per heavy atom. The van der Waals surface area contributed by atoms with Crippen molar-refractivity contribution in [2.45, 2.75) is 86.4 Å². The highest BCUT2D eigenvalue weighted by molar-refractivity contribution is 5.76. The molecule has 3 nitrogen and oxygen atoms in total. The molecule has 0 unspecified atom stereocenters. The van der Waals surface area contributed by atoms with Gasteiger partial charge in [0.15, 0.2) is 0 Å². The summed E-state index contributed by atoms with van der Waals surface area (Å²) < 4.78 is 11.2. The molecule has 120 valence electrons. The van der Waals surface area contributed by atoms with E-state index in [-0.39, 0.29) is 17.0 Å². The van der Waals surface area contributed by atoms with Crippen molar-refractivity contribution < 1.29 is 14.3 Å². The maximum absolute atomic E-state index is 12.5. The van der Waals surface area contributed by atoms with Crippen molar-refractivity contribution in [2.24, 2.45) is 10.8 Å². The molecule has 0 heterocycles. The minimum Gasteiger partial charge on any atom is -0.459 e. The molecule has 20 heavy (non-hydrogen) atoms. The largest absolute Gasteiger partial charge is 0.459 e. The van der Waals surface area contributed by atoms with Gasteiger partial charge in [0.25, 0.3) is 0 Å². The summed E-state index contributed by atoms with van der Waals surface area (Å²) in [4.78, 5) is 12.5. The van der Waals surface area contributed by atoms with E-state index in [1.807, 2.05) is 41.5 Å². The third kappa shape index (κ3) is 7.28. The van der Waals surface area contributed by atoms with Gasteiger partial charge in [-0.1, -0.05) is 20.8 Å². The third-order valence-electron chi connectivity index (χ3n) is 3.30. The zero-order valence-corrected chi connectivity index (χ0v) is 15.1. The highest BCUT2D eigenvalue weighted by Crippen LogP contribution is 2.36. The van der Waals surface area contributed by atoms with Crippen molar-refractivity contribution >= 4 is 5.97 Å². The highest BCUT2D eigenvalue weighted by atomic mass is 16.6. The fraction of sp³-hybridized carbons (Fsp3) is 0.941. The molecule has 0 aromatic carbocycles. The smallest absolute Gasteiger partial charge is 0.312 e. The summed E-state index contributed by atoms with van der Waals surface area (Å²) in [7, 11) is 1.68. The van der Waals surface area contributed by atoms with Crippen LogP contribution in [0.3, 0.4) is 0 Å². The first-order chi connectivity index (χ1) is 8.60. The van der Waals surface area contributed by atoms with Gasteiger partial charge in [-0.15, -0.1) is 0 Å². The van der Waals surface area contributed by atoms with Crippen molar-refractivity contribution in [1.82, 2.24) is 0 Å². The fourth-order valence-corrected chi connectivity index (χ4v) is 2.92. The molecule has 3 heteroatoms. The average molecular weight is 286 g/mol. The predicted molar refractivity (Wildman–Crippen MR) is 83.7 cm³/mol. The molecule has 0 fully saturated rings. The van der Waals surface area contributed by atoms with Crippen molar-refractivity contribution in [3.05, 3.63) is 0 Å². The van der Waals surface area contributed by atoms with Gasteiger partial charge in [-0.2, -0.15) is 0 Å². The van der Waals surface area contributed by atoms with E-state index in [4.69, 9.17) is 9.47 Å². The molecule has 0 N–H and O–H groups in total. The number of carbonyl (C=O) groups excluding carboxylic acids is 1. The maximum Gasteiger partial charge on any atom is 0.312 e. The second-order valence-electron chi connectivity index (χ2n) is 8.91. The van der Waals surface area contributed by atoms with Crippen LogP contribution in [0.15, 0.2) is 0 Å². The zero-order valence-electron chi connectivity index (χ0n) is 15.1. The second kappa shape index (κ2) is 6.05. The van der Waals surface area contributed by atoms with Crippen LogP contribution in [0.25, 0.3) is 0 Å². The van der Waals surface area contributed by atoms with E-state index < -0.39 is 11.0 Å². The Bertz CT molecular complexity index is 333. The maximum atomic E-state index is 12.5. The minimum absolute atomic E-state index is 0.0957. The van der Waals surface area contributed by atoms with Crippen LogP contribution in [0, 0.1) is 10.8 Å². The molecule has 0 aromatic heterocycles. The van der Waals surface area contributed by atoms with E-state index in [0.29, 0.717) is 6.42 Å². The van der Waals surface area contributed by atoms with Crippen LogP contribution in [0.4, 0.5) is 0 Å². The topological polar surface area (TPSA) is 35.5 Å². The van der Waals surface area contributed by atoms with Crippen molar-refractivity contribution in [3.8, 4) is 0 Å².